The highest BCUT2D eigenvalue weighted by atomic mass is 32.2. The lowest BCUT2D eigenvalue weighted by molar-refractivity contribution is -0.132. The van der Waals surface area contributed by atoms with Crippen LogP contribution in [0.1, 0.15) is 12.8 Å². The van der Waals surface area contributed by atoms with Crippen LogP contribution in [0.3, 0.4) is 0 Å². The van der Waals surface area contributed by atoms with Gasteiger partial charge in [-0.3, -0.25) is 4.79 Å². The Labute approximate surface area is 181 Å². The summed E-state index contributed by atoms with van der Waals surface area (Å²) in [6.07, 6.45) is 0.944. The third-order valence-electron chi connectivity index (χ3n) is 5.21. The lowest BCUT2D eigenvalue weighted by Gasteiger charge is -2.34. The van der Waals surface area contributed by atoms with Crippen molar-refractivity contribution in [1.82, 2.24) is 29.4 Å². The summed E-state index contributed by atoms with van der Waals surface area (Å²) in [6.45, 7) is 1.88. The average molecular weight is 441 g/mol. The maximum Gasteiger partial charge on any atom is 0.243 e. The van der Waals surface area contributed by atoms with E-state index >= 15 is 0 Å². The van der Waals surface area contributed by atoms with Crippen molar-refractivity contribution in [1.29, 1.82) is 0 Å². The minimum Gasteiger partial charge on any atom is -0.340 e. The van der Waals surface area contributed by atoms with Gasteiger partial charge < -0.3 is 4.90 Å². The molecule has 31 heavy (non-hydrogen) atoms. The molecule has 0 bridgehead atoms. The molecule has 1 amide bonds. The zero-order chi connectivity index (χ0) is 21.7. The lowest BCUT2D eigenvalue weighted by atomic mass is 10.2. The SMILES string of the molecule is O=C(CCCn1nnc(-c2ccccc2)n1)N1CCN(S(=O)(=O)c2ccccc2)CC1. The van der Waals surface area contributed by atoms with E-state index in [1.54, 1.807) is 35.2 Å². The fraction of sp³-hybridized carbons (Fsp3) is 0.333. The van der Waals surface area contributed by atoms with E-state index in [9.17, 15) is 13.2 Å². The van der Waals surface area contributed by atoms with Crippen LogP contribution >= 0.6 is 0 Å². The predicted molar refractivity (Wildman–Crippen MR) is 114 cm³/mol. The number of piperazine rings is 1. The average Bonchev–Trinajstić information content (AvgIpc) is 3.29. The molecule has 0 atom stereocenters. The molecule has 0 aliphatic carbocycles. The van der Waals surface area contributed by atoms with Crippen LogP contribution in [0.5, 0.6) is 0 Å². The van der Waals surface area contributed by atoms with Crippen molar-refractivity contribution in [2.45, 2.75) is 24.3 Å². The molecular weight excluding hydrogens is 416 g/mol. The smallest absolute Gasteiger partial charge is 0.243 e. The summed E-state index contributed by atoms with van der Waals surface area (Å²) in [5.74, 6) is 0.572. The Hall–Kier alpha value is -3.11. The first kappa shape index (κ1) is 21.1. The molecule has 2 aromatic carbocycles. The van der Waals surface area contributed by atoms with Gasteiger partial charge in [-0.05, 0) is 23.8 Å². The van der Waals surface area contributed by atoms with E-state index in [1.807, 2.05) is 30.3 Å². The molecule has 10 heteroatoms. The van der Waals surface area contributed by atoms with Gasteiger partial charge in [0.15, 0.2) is 0 Å². The largest absolute Gasteiger partial charge is 0.340 e. The number of hydrogen-bond acceptors (Lipinski definition) is 6. The predicted octanol–water partition coefficient (Wildman–Crippen LogP) is 1.65. The van der Waals surface area contributed by atoms with Crippen LogP contribution in [0.25, 0.3) is 11.4 Å². The number of aromatic nitrogens is 4. The lowest BCUT2D eigenvalue weighted by Crippen LogP contribution is -2.50. The Balaban J connectivity index is 1.24. The molecule has 0 unspecified atom stereocenters. The number of tetrazole rings is 1. The number of hydrogen-bond donors (Lipinski definition) is 0. The van der Waals surface area contributed by atoms with E-state index in [2.05, 4.69) is 15.4 Å². The van der Waals surface area contributed by atoms with Crippen molar-refractivity contribution in [3.05, 3.63) is 60.7 Å². The maximum absolute atomic E-state index is 12.7. The second-order valence-electron chi connectivity index (χ2n) is 7.28. The standard InChI is InChI=1S/C21H24N6O3S/c28-20(12-7-13-27-23-21(22-24-27)18-8-3-1-4-9-18)25-14-16-26(17-15-25)31(29,30)19-10-5-2-6-11-19/h1-6,8-11H,7,12-17H2. The molecule has 9 nitrogen and oxygen atoms in total. The van der Waals surface area contributed by atoms with Gasteiger partial charge in [-0.25, -0.2) is 8.42 Å². The van der Waals surface area contributed by atoms with Gasteiger partial charge in [0.25, 0.3) is 0 Å². The first-order chi connectivity index (χ1) is 15.0. The van der Waals surface area contributed by atoms with Gasteiger partial charge >= 0.3 is 0 Å². The van der Waals surface area contributed by atoms with Crippen LogP contribution in [0.15, 0.2) is 65.6 Å². The van der Waals surface area contributed by atoms with Crippen LogP contribution in [-0.4, -0.2) is 69.9 Å². The van der Waals surface area contributed by atoms with E-state index in [-0.39, 0.29) is 10.8 Å². The minimum absolute atomic E-state index is 0.0140. The molecule has 1 aromatic heterocycles. The molecule has 0 spiro atoms. The fourth-order valence-corrected chi connectivity index (χ4v) is 4.93. The highest BCUT2D eigenvalue weighted by Gasteiger charge is 2.29. The van der Waals surface area contributed by atoms with Crippen molar-refractivity contribution in [2.75, 3.05) is 26.2 Å². The highest BCUT2D eigenvalue weighted by Crippen LogP contribution is 2.18. The molecule has 1 saturated heterocycles. The topological polar surface area (TPSA) is 101 Å². The van der Waals surface area contributed by atoms with Crippen LogP contribution in [0, 0.1) is 0 Å². The normalized spacial score (nSPS) is 15.2. The molecule has 3 aromatic rings. The van der Waals surface area contributed by atoms with Gasteiger partial charge in [0.2, 0.25) is 21.8 Å². The minimum atomic E-state index is -3.52. The quantitative estimate of drug-likeness (QED) is 0.554. The van der Waals surface area contributed by atoms with Crippen molar-refractivity contribution in [3.8, 4) is 11.4 Å². The number of amides is 1. The van der Waals surface area contributed by atoms with Gasteiger partial charge in [0, 0.05) is 38.2 Å². The Morgan fingerprint density at radius 2 is 1.55 bits per heavy atom. The van der Waals surface area contributed by atoms with Crippen molar-refractivity contribution >= 4 is 15.9 Å². The molecule has 2 heterocycles. The van der Waals surface area contributed by atoms with E-state index in [4.69, 9.17) is 0 Å². The molecule has 0 N–H and O–H groups in total. The third-order valence-corrected chi connectivity index (χ3v) is 7.12. The molecule has 0 saturated carbocycles. The van der Waals surface area contributed by atoms with Gasteiger partial charge in [0.05, 0.1) is 11.4 Å². The summed E-state index contributed by atoms with van der Waals surface area (Å²) >= 11 is 0. The Morgan fingerprint density at radius 3 is 2.23 bits per heavy atom. The number of aryl methyl sites for hydroxylation is 1. The summed E-state index contributed by atoms with van der Waals surface area (Å²) < 4.78 is 26.8. The number of carbonyl (C=O) groups excluding carboxylic acids is 1. The summed E-state index contributed by atoms with van der Waals surface area (Å²) in [5, 5.41) is 12.5. The first-order valence-electron chi connectivity index (χ1n) is 10.2. The number of sulfonamides is 1. The van der Waals surface area contributed by atoms with Gasteiger partial charge in [-0.2, -0.15) is 9.10 Å². The van der Waals surface area contributed by atoms with Crippen molar-refractivity contribution in [3.63, 3.8) is 0 Å². The highest BCUT2D eigenvalue weighted by molar-refractivity contribution is 7.89. The monoisotopic (exact) mass is 440 g/mol. The molecule has 162 valence electrons. The molecular formula is C21H24N6O3S. The fourth-order valence-electron chi connectivity index (χ4n) is 3.49. The first-order valence-corrected chi connectivity index (χ1v) is 11.6. The molecule has 1 aliphatic rings. The van der Waals surface area contributed by atoms with E-state index in [0.29, 0.717) is 51.4 Å². The maximum atomic E-state index is 12.7. The zero-order valence-corrected chi connectivity index (χ0v) is 17.9. The van der Waals surface area contributed by atoms with Crippen LogP contribution in [0.4, 0.5) is 0 Å². The molecule has 1 fully saturated rings. The summed E-state index contributed by atoms with van der Waals surface area (Å²) in [6, 6.07) is 18.0. The second kappa shape index (κ2) is 9.36. The van der Waals surface area contributed by atoms with Gasteiger partial charge in [-0.1, -0.05) is 48.5 Å². The number of benzene rings is 2. The Kier molecular flexibility index (Phi) is 6.38. The van der Waals surface area contributed by atoms with Crippen molar-refractivity contribution in [2.24, 2.45) is 0 Å². The summed E-state index contributed by atoms with van der Waals surface area (Å²) in [4.78, 5) is 16.0. The zero-order valence-electron chi connectivity index (χ0n) is 17.0. The number of carbonyl (C=O) groups is 1. The van der Waals surface area contributed by atoms with Gasteiger partial charge in [-0.15, -0.1) is 10.2 Å². The van der Waals surface area contributed by atoms with E-state index in [1.165, 1.54) is 9.10 Å². The number of rotatable bonds is 7. The van der Waals surface area contributed by atoms with Crippen molar-refractivity contribution < 1.29 is 13.2 Å². The van der Waals surface area contributed by atoms with Gasteiger partial charge in [0.1, 0.15) is 0 Å². The molecule has 4 rings (SSSR count). The summed E-state index contributed by atoms with van der Waals surface area (Å²) in [7, 11) is -3.52. The van der Waals surface area contributed by atoms with E-state index < -0.39 is 10.0 Å². The second-order valence-corrected chi connectivity index (χ2v) is 9.21. The van der Waals surface area contributed by atoms with Crippen LogP contribution in [-0.2, 0) is 21.4 Å². The Bertz CT molecular complexity index is 1110. The van der Waals surface area contributed by atoms with E-state index in [0.717, 1.165) is 5.56 Å². The summed E-state index contributed by atoms with van der Waals surface area (Å²) in [5.41, 5.74) is 0.896. The molecule has 0 radical (unpaired) electrons. The Morgan fingerprint density at radius 1 is 0.903 bits per heavy atom. The van der Waals surface area contributed by atoms with Crippen LogP contribution in [0.2, 0.25) is 0 Å². The number of nitrogens with zero attached hydrogens (tertiary/aromatic N) is 6. The van der Waals surface area contributed by atoms with Crippen LogP contribution < -0.4 is 0 Å². The third kappa shape index (κ3) is 4.97. The molecule has 1 aliphatic heterocycles.